The first-order valence-electron chi connectivity index (χ1n) is 11.0. The Hall–Kier alpha value is -3.68. The molecule has 6 rings (SSSR count). The molecule has 0 saturated carbocycles. The van der Waals surface area contributed by atoms with E-state index >= 15 is 13.2 Å². The summed E-state index contributed by atoms with van der Waals surface area (Å²) in [4.78, 5) is 0. The smallest absolute Gasteiger partial charge is 0.139 e. The van der Waals surface area contributed by atoms with Gasteiger partial charge in [-0.3, -0.25) is 0 Å². The largest absolute Gasteiger partial charge is 0.206 e. The molecule has 0 aliphatic heterocycles. The molecule has 0 aliphatic rings. The van der Waals surface area contributed by atoms with Crippen molar-refractivity contribution in [3.63, 3.8) is 0 Å². The summed E-state index contributed by atoms with van der Waals surface area (Å²) in [6, 6.07) is 31.9. The quantitative estimate of drug-likeness (QED) is 0.240. The van der Waals surface area contributed by atoms with E-state index in [0.29, 0.717) is 32.1 Å². The fourth-order valence-corrected chi connectivity index (χ4v) is 6.97. The Balaban J connectivity index is 1.69. The van der Waals surface area contributed by atoms with Gasteiger partial charge in [-0.15, -0.1) is 0 Å². The van der Waals surface area contributed by atoms with Gasteiger partial charge < -0.3 is 0 Å². The molecule has 0 bridgehead atoms. The number of rotatable bonds is 3. The van der Waals surface area contributed by atoms with Crippen molar-refractivity contribution in [1.82, 2.24) is 0 Å². The van der Waals surface area contributed by atoms with Gasteiger partial charge in [-0.1, -0.05) is 109 Å². The molecule has 0 nitrogen and oxygen atoms in total. The molecule has 6 aromatic rings. The number of halogens is 3. The van der Waals surface area contributed by atoms with Gasteiger partial charge in [0.25, 0.3) is 0 Å². The van der Waals surface area contributed by atoms with Crippen LogP contribution in [-0.2, 0) is 0 Å². The minimum Gasteiger partial charge on any atom is -0.206 e. The number of hydrogen-bond donors (Lipinski definition) is 0. The summed E-state index contributed by atoms with van der Waals surface area (Å²) in [6.07, 6.45) is 0. The van der Waals surface area contributed by atoms with Gasteiger partial charge in [0, 0.05) is 32.1 Å². The van der Waals surface area contributed by atoms with Crippen molar-refractivity contribution in [3.05, 3.63) is 127 Å². The summed E-state index contributed by atoms with van der Waals surface area (Å²) in [6.45, 7) is 0. The molecule has 0 amide bonds. The zero-order valence-electron chi connectivity index (χ0n) is 18.0. The van der Waals surface area contributed by atoms with Gasteiger partial charge in [-0.2, -0.15) is 0 Å². The molecule has 4 heteroatoms. The Morgan fingerprint density at radius 2 is 0.647 bits per heavy atom. The van der Waals surface area contributed by atoms with Crippen LogP contribution in [0.4, 0.5) is 13.2 Å². The number of hydrogen-bond acceptors (Lipinski definition) is 0. The average Bonchev–Trinajstić information content (AvgIpc) is 2.88. The number of benzene rings is 6. The molecule has 0 unspecified atom stereocenters. The van der Waals surface area contributed by atoms with Crippen molar-refractivity contribution in [3.8, 4) is 0 Å². The lowest BCUT2D eigenvalue weighted by Gasteiger charge is -2.23. The molecule has 34 heavy (non-hydrogen) atoms. The molecule has 0 aliphatic carbocycles. The first kappa shape index (κ1) is 20.9. The van der Waals surface area contributed by atoms with Crippen LogP contribution >= 0.6 is 7.92 Å². The van der Waals surface area contributed by atoms with Crippen molar-refractivity contribution in [1.29, 1.82) is 0 Å². The Labute approximate surface area is 196 Å². The van der Waals surface area contributed by atoms with E-state index in [-0.39, 0.29) is 0 Å². The van der Waals surface area contributed by atoms with Gasteiger partial charge in [0.15, 0.2) is 0 Å². The standard InChI is InChI=1S/C30H18F3P/c31-28-22-10-4-1-7-19(22)13-16-25(28)34(26-17-14-20-8-2-5-11-23(20)29(26)32)27-18-15-21-9-3-6-12-24(21)30(27)33/h1-18H. The van der Waals surface area contributed by atoms with E-state index in [0.717, 1.165) is 16.2 Å². The van der Waals surface area contributed by atoms with Crippen molar-refractivity contribution < 1.29 is 13.2 Å². The minimum absolute atomic E-state index is 0.303. The second kappa shape index (κ2) is 8.27. The van der Waals surface area contributed by atoms with Crippen LogP contribution in [0.1, 0.15) is 0 Å². The Kier molecular flexibility index (Phi) is 5.08. The van der Waals surface area contributed by atoms with Gasteiger partial charge in [0.05, 0.1) is 0 Å². The van der Waals surface area contributed by atoms with Crippen molar-refractivity contribution in [2.24, 2.45) is 0 Å². The normalized spacial score (nSPS) is 11.6. The van der Waals surface area contributed by atoms with Gasteiger partial charge in [-0.05, 0) is 24.1 Å². The Morgan fingerprint density at radius 3 is 0.971 bits per heavy atom. The molecule has 0 aromatic heterocycles. The monoisotopic (exact) mass is 466 g/mol. The summed E-state index contributed by atoms with van der Waals surface area (Å²) >= 11 is 0. The lowest BCUT2D eigenvalue weighted by atomic mass is 10.1. The molecule has 0 heterocycles. The molecule has 0 radical (unpaired) electrons. The van der Waals surface area contributed by atoms with Crippen LogP contribution in [0.2, 0.25) is 0 Å². The molecule has 0 N–H and O–H groups in total. The summed E-state index contributed by atoms with van der Waals surface area (Å²) in [5.41, 5.74) is 0. The summed E-state index contributed by atoms with van der Waals surface area (Å²) in [5.74, 6) is -1.32. The maximum atomic E-state index is 16.0. The number of fused-ring (bicyclic) bond motifs is 3. The minimum atomic E-state index is -1.85. The SMILES string of the molecule is Fc1c(P(c2ccc3ccccc3c2F)c2ccc3ccccc3c2F)ccc2ccccc12. The van der Waals surface area contributed by atoms with Gasteiger partial charge in [0.2, 0.25) is 0 Å². The predicted octanol–water partition coefficient (Wildman–Crippen LogP) is 7.32. The molecule has 6 aromatic carbocycles. The second-order valence-electron chi connectivity index (χ2n) is 8.19. The highest BCUT2D eigenvalue weighted by atomic mass is 31.1. The van der Waals surface area contributed by atoms with Crippen molar-refractivity contribution in [2.45, 2.75) is 0 Å². The van der Waals surface area contributed by atoms with E-state index in [1.807, 2.05) is 54.6 Å². The van der Waals surface area contributed by atoms with E-state index < -0.39 is 25.4 Å². The highest BCUT2D eigenvalue weighted by Gasteiger charge is 2.28. The van der Waals surface area contributed by atoms with Crippen LogP contribution in [0.5, 0.6) is 0 Å². The molecule has 164 valence electrons. The first-order chi connectivity index (χ1) is 16.6. The van der Waals surface area contributed by atoms with E-state index in [2.05, 4.69) is 0 Å². The molecule has 0 spiro atoms. The highest BCUT2D eigenvalue weighted by Crippen LogP contribution is 2.39. The lowest BCUT2D eigenvalue weighted by molar-refractivity contribution is 0.644. The zero-order chi connectivity index (χ0) is 23.2. The van der Waals surface area contributed by atoms with Gasteiger partial charge >= 0.3 is 0 Å². The predicted molar refractivity (Wildman–Crippen MR) is 138 cm³/mol. The zero-order valence-corrected chi connectivity index (χ0v) is 18.9. The van der Waals surface area contributed by atoms with E-state index in [4.69, 9.17) is 0 Å². The molecule has 0 fully saturated rings. The molecule has 0 atom stereocenters. The maximum absolute atomic E-state index is 16.0. The summed E-state index contributed by atoms with van der Waals surface area (Å²) < 4.78 is 47.9. The lowest BCUT2D eigenvalue weighted by Crippen LogP contribution is -2.27. The summed E-state index contributed by atoms with van der Waals surface area (Å²) in [5, 5.41) is 4.47. The average molecular weight is 466 g/mol. The topological polar surface area (TPSA) is 0 Å². The van der Waals surface area contributed by atoms with Crippen molar-refractivity contribution in [2.75, 3.05) is 0 Å². The second-order valence-corrected chi connectivity index (χ2v) is 10.3. The highest BCUT2D eigenvalue weighted by molar-refractivity contribution is 7.79. The summed E-state index contributed by atoms with van der Waals surface area (Å²) in [7, 11) is -1.85. The first-order valence-corrected chi connectivity index (χ1v) is 12.3. The van der Waals surface area contributed by atoms with E-state index in [1.165, 1.54) is 0 Å². The van der Waals surface area contributed by atoms with Crippen LogP contribution in [-0.4, -0.2) is 0 Å². The molecule has 0 saturated heterocycles. The van der Waals surface area contributed by atoms with Crippen LogP contribution in [0, 0.1) is 17.5 Å². The Bertz CT molecular complexity index is 1500. The third-order valence-electron chi connectivity index (χ3n) is 6.25. The Morgan fingerprint density at radius 1 is 0.353 bits per heavy atom. The van der Waals surface area contributed by atoms with E-state index in [9.17, 15) is 0 Å². The van der Waals surface area contributed by atoms with Crippen LogP contribution in [0.15, 0.2) is 109 Å². The third-order valence-corrected chi connectivity index (χ3v) is 8.73. The van der Waals surface area contributed by atoms with Crippen LogP contribution in [0.3, 0.4) is 0 Å². The maximum Gasteiger partial charge on any atom is 0.139 e. The third kappa shape index (κ3) is 3.28. The van der Waals surface area contributed by atoms with Crippen molar-refractivity contribution >= 4 is 56.2 Å². The van der Waals surface area contributed by atoms with Gasteiger partial charge in [0.1, 0.15) is 17.5 Å². The fraction of sp³-hybridized carbons (Fsp3) is 0. The van der Waals surface area contributed by atoms with Gasteiger partial charge in [-0.25, -0.2) is 13.2 Å². The van der Waals surface area contributed by atoms with E-state index in [1.54, 1.807) is 54.6 Å². The van der Waals surface area contributed by atoms with Crippen LogP contribution < -0.4 is 15.9 Å². The molecular formula is C30H18F3P. The molecular weight excluding hydrogens is 448 g/mol. The fourth-order valence-electron chi connectivity index (χ4n) is 4.57. The van der Waals surface area contributed by atoms with Crippen LogP contribution in [0.25, 0.3) is 32.3 Å².